The van der Waals surface area contributed by atoms with Crippen molar-refractivity contribution in [3.8, 4) is 0 Å². The lowest BCUT2D eigenvalue weighted by Crippen LogP contribution is -2.42. The van der Waals surface area contributed by atoms with E-state index in [2.05, 4.69) is 60.3 Å². The highest BCUT2D eigenvalue weighted by Crippen LogP contribution is 2.42. The Labute approximate surface area is 90.8 Å². The molecule has 0 N–H and O–H groups in total. The molecule has 0 bridgehead atoms. The van der Waals surface area contributed by atoms with Gasteiger partial charge in [-0.1, -0.05) is 25.1 Å². The Bertz CT molecular complexity index is 411. The normalized spacial score (nSPS) is 27.9. The molecule has 0 radical (unpaired) electrons. The summed E-state index contributed by atoms with van der Waals surface area (Å²) in [4.78, 5) is 4.71. The van der Waals surface area contributed by atoms with Gasteiger partial charge in [0.1, 0.15) is 0 Å². The molecule has 1 aromatic carbocycles. The molecule has 0 aromatic heterocycles. The van der Waals surface area contributed by atoms with Crippen LogP contribution in [-0.4, -0.2) is 24.7 Å². The maximum absolute atomic E-state index is 2.49. The maximum Gasteiger partial charge on any atom is 0.0900 e. The van der Waals surface area contributed by atoms with E-state index in [4.69, 9.17) is 0 Å². The van der Waals surface area contributed by atoms with Gasteiger partial charge in [-0.15, -0.1) is 0 Å². The third-order valence-electron chi connectivity index (χ3n) is 3.52. The summed E-state index contributed by atoms with van der Waals surface area (Å²) in [5.41, 5.74) is 2.90. The molecule has 78 valence electrons. The molecule has 15 heavy (non-hydrogen) atoms. The van der Waals surface area contributed by atoms with Gasteiger partial charge in [-0.2, -0.15) is 0 Å². The molecule has 2 heteroatoms. The van der Waals surface area contributed by atoms with Crippen LogP contribution < -0.4 is 4.90 Å². The van der Waals surface area contributed by atoms with Crippen LogP contribution in [0.25, 0.3) is 0 Å². The van der Waals surface area contributed by atoms with E-state index in [9.17, 15) is 0 Å². The summed E-state index contributed by atoms with van der Waals surface area (Å²) < 4.78 is 0. The van der Waals surface area contributed by atoms with Gasteiger partial charge in [0.2, 0.25) is 0 Å². The van der Waals surface area contributed by atoms with Crippen molar-refractivity contribution in [3.05, 3.63) is 42.1 Å². The Morgan fingerprint density at radius 2 is 2.07 bits per heavy atom. The number of benzene rings is 1. The molecule has 0 spiro atoms. The first-order valence-electron chi connectivity index (χ1n) is 5.51. The molecule has 0 saturated carbocycles. The van der Waals surface area contributed by atoms with E-state index < -0.39 is 0 Å². The molecule has 2 heterocycles. The van der Waals surface area contributed by atoms with Gasteiger partial charge < -0.3 is 9.80 Å². The molecular weight excluding hydrogens is 184 g/mol. The Hall–Kier alpha value is -1.44. The summed E-state index contributed by atoms with van der Waals surface area (Å²) in [5.74, 6) is 0.617. The van der Waals surface area contributed by atoms with Crippen molar-refractivity contribution in [1.82, 2.24) is 4.90 Å². The van der Waals surface area contributed by atoms with Gasteiger partial charge in [0.25, 0.3) is 0 Å². The smallest absolute Gasteiger partial charge is 0.0900 e. The van der Waals surface area contributed by atoms with Crippen molar-refractivity contribution >= 4 is 5.69 Å². The minimum Gasteiger partial charge on any atom is -0.363 e. The summed E-state index contributed by atoms with van der Waals surface area (Å²) in [6.45, 7) is 3.32. The molecule has 0 amide bonds. The highest BCUT2D eigenvalue weighted by molar-refractivity contribution is 5.63. The molecule has 0 aliphatic carbocycles. The van der Waals surface area contributed by atoms with Crippen LogP contribution in [0.3, 0.4) is 0 Å². The van der Waals surface area contributed by atoms with Crippen molar-refractivity contribution in [3.63, 3.8) is 0 Å². The second-order valence-corrected chi connectivity index (χ2v) is 4.55. The molecule has 0 fully saturated rings. The lowest BCUT2D eigenvalue weighted by molar-refractivity contribution is 0.404. The molecule has 3 rings (SSSR count). The number of fused-ring (bicyclic) bond motifs is 3. The fraction of sp³-hybridized carbons (Fsp3) is 0.385. The third-order valence-corrected chi connectivity index (χ3v) is 3.52. The van der Waals surface area contributed by atoms with Crippen LogP contribution in [0.5, 0.6) is 0 Å². The fourth-order valence-corrected chi connectivity index (χ4v) is 2.71. The van der Waals surface area contributed by atoms with Crippen molar-refractivity contribution < 1.29 is 0 Å². The van der Waals surface area contributed by atoms with Crippen LogP contribution in [-0.2, 0) is 0 Å². The first-order chi connectivity index (χ1) is 7.27. The molecule has 1 aromatic rings. The Kier molecular flexibility index (Phi) is 1.78. The maximum atomic E-state index is 2.49. The van der Waals surface area contributed by atoms with E-state index in [0.29, 0.717) is 12.0 Å². The highest BCUT2D eigenvalue weighted by atomic mass is 15.3. The first kappa shape index (κ1) is 8.84. The monoisotopic (exact) mass is 200 g/mol. The topological polar surface area (TPSA) is 6.48 Å². The Morgan fingerprint density at radius 1 is 1.27 bits per heavy atom. The lowest BCUT2D eigenvalue weighted by Gasteiger charge is -2.35. The number of anilines is 1. The minimum atomic E-state index is 0.554. The van der Waals surface area contributed by atoms with Gasteiger partial charge >= 0.3 is 0 Å². The van der Waals surface area contributed by atoms with Crippen molar-refractivity contribution in [2.45, 2.75) is 18.9 Å². The van der Waals surface area contributed by atoms with Crippen molar-refractivity contribution in [1.29, 1.82) is 0 Å². The van der Waals surface area contributed by atoms with Gasteiger partial charge in [0.05, 0.1) is 12.7 Å². The Morgan fingerprint density at radius 3 is 2.93 bits per heavy atom. The quantitative estimate of drug-likeness (QED) is 0.634. The number of nitrogens with zero attached hydrogens (tertiary/aromatic N) is 2. The van der Waals surface area contributed by atoms with Crippen LogP contribution in [0, 0.1) is 0 Å². The molecular formula is C13H16N2. The number of hydrogen-bond acceptors (Lipinski definition) is 2. The molecule has 2 aliphatic rings. The van der Waals surface area contributed by atoms with Crippen LogP contribution in [0.15, 0.2) is 36.5 Å². The van der Waals surface area contributed by atoms with Gasteiger partial charge in [-0.25, -0.2) is 0 Å². The predicted molar refractivity (Wildman–Crippen MR) is 62.9 cm³/mol. The second kappa shape index (κ2) is 3.02. The SMILES string of the molecule is CC1c2ccccc2N2CN(C)C=CC12. The highest BCUT2D eigenvalue weighted by Gasteiger charge is 2.35. The van der Waals surface area contributed by atoms with E-state index >= 15 is 0 Å². The lowest BCUT2D eigenvalue weighted by atomic mass is 9.97. The molecule has 2 atom stereocenters. The summed E-state index contributed by atoms with van der Waals surface area (Å²) in [7, 11) is 2.12. The van der Waals surface area contributed by atoms with Crippen molar-refractivity contribution in [2.24, 2.45) is 0 Å². The van der Waals surface area contributed by atoms with E-state index in [1.807, 2.05) is 0 Å². The zero-order valence-corrected chi connectivity index (χ0v) is 9.22. The average Bonchev–Trinajstić information content (AvgIpc) is 2.54. The van der Waals surface area contributed by atoms with E-state index in [0.717, 1.165) is 6.67 Å². The van der Waals surface area contributed by atoms with Crippen LogP contribution in [0.1, 0.15) is 18.4 Å². The first-order valence-corrected chi connectivity index (χ1v) is 5.51. The standard InChI is InChI=1S/C13H16N2/c1-10-11-5-3-4-6-13(11)15-9-14(2)8-7-12(10)15/h3-8,10,12H,9H2,1-2H3. The van der Waals surface area contributed by atoms with Crippen LogP contribution in [0.2, 0.25) is 0 Å². The molecule has 2 unspecified atom stereocenters. The summed E-state index contributed by atoms with van der Waals surface area (Å²) in [5, 5.41) is 0. The third kappa shape index (κ3) is 1.17. The van der Waals surface area contributed by atoms with Gasteiger partial charge in [-0.05, 0) is 23.9 Å². The minimum absolute atomic E-state index is 0.554. The number of rotatable bonds is 0. The van der Waals surface area contributed by atoms with E-state index in [-0.39, 0.29) is 0 Å². The van der Waals surface area contributed by atoms with Gasteiger partial charge in [-0.3, -0.25) is 0 Å². The second-order valence-electron chi connectivity index (χ2n) is 4.55. The van der Waals surface area contributed by atoms with Gasteiger partial charge in [0.15, 0.2) is 0 Å². The molecule has 2 nitrogen and oxygen atoms in total. The summed E-state index contributed by atoms with van der Waals surface area (Å²) >= 11 is 0. The number of hydrogen-bond donors (Lipinski definition) is 0. The average molecular weight is 200 g/mol. The zero-order chi connectivity index (χ0) is 10.4. The van der Waals surface area contributed by atoms with Crippen LogP contribution >= 0.6 is 0 Å². The van der Waals surface area contributed by atoms with Crippen molar-refractivity contribution in [2.75, 3.05) is 18.6 Å². The predicted octanol–water partition coefficient (Wildman–Crippen LogP) is 2.40. The van der Waals surface area contributed by atoms with E-state index in [1.54, 1.807) is 0 Å². The summed E-state index contributed by atoms with van der Waals surface area (Å²) in [6, 6.07) is 9.32. The fourth-order valence-electron chi connectivity index (χ4n) is 2.71. The number of para-hydroxylation sites is 1. The van der Waals surface area contributed by atoms with Crippen LogP contribution in [0.4, 0.5) is 5.69 Å². The van der Waals surface area contributed by atoms with E-state index in [1.165, 1.54) is 11.3 Å². The molecule has 0 saturated heterocycles. The Balaban J connectivity index is 2.09. The largest absolute Gasteiger partial charge is 0.363 e. The zero-order valence-electron chi connectivity index (χ0n) is 9.22. The van der Waals surface area contributed by atoms with Gasteiger partial charge in [0, 0.05) is 18.7 Å². The molecule has 2 aliphatic heterocycles. The summed E-state index contributed by atoms with van der Waals surface area (Å²) in [6.07, 6.45) is 4.51.